The molecule has 3 aliphatic rings. The SMILES string of the molecule is CC1C=CC=C2CC3=C(C=CCC3)C2=C1. The summed E-state index contributed by atoms with van der Waals surface area (Å²) in [5.41, 5.74) is 6.19. The van der Waals surface area contributed by atoms with Crippen molar-refractivity contribution in [3.8, 4) is 0 Å². The van der Waals surface area contributed by atoms with E-state index in [9.17, 15) is 0 Å². The molecular formula is C15H16. The van der Waals surface area contributed by atoms with Crippen molar-refractivity contribution >= 4 is 0 Å². The minimum Gasteiger partial charge on any atom is -0.0836 e. The van der Waals surface area contributed by atoms with E-state index in [0.717, 1.165) is 0 Å². The first-order chi connectivity index (χ1) is 7.34. The Morgan fingerprint density at radius 1 is 1.33 bits per heavy atom. The molecule has 0 aromatic heterocycles. The van der Waals surface area contributed by atoms with E-state index < -0.39 is 0 Å². The number of rotatable bonds is 0. The molecule has 0 radical (unpaired) electrons. The maximum atomic E-state index is 2.41. The molecule has 1 unspecified atom stereocenters. The van der Waals surface area contributed by atoms with E-state index in [1.807, 2.05) is 0 Å². The zero-order valence-corrected chi connectivity index (χ0v) is 9.16. The molecule has 0 fully saturated rings. The summed E-state index contributed by atoms with van der Waals surface area (Å²) in [5, 5.41) is 0. The van der Waals surface area contributed by atoms with Gasteiger partial charge in [-0.3, -0.25) is 0 Å². The Kier molecular flexibility index (Phi) is 2.02. The van der Waals surface area contributed by atoms with Crippen LogP contribution in [0.15, 0.2) is 58.7 Å². The van der Waals surface area contributed by atoms with Gasteiger partial charge in [-0.2, -0.15) is 0 Å². The van der Waals surface area contributed by atoms with Gasteiger partial charge in [0.1, 0.15) is 0 Å². The summed E-state index contributed by atoms with van der Waals surface area (Å²) in [6.45, 7) is 2.26. The highest BCUT2D eigenvalue weighted by Gasteiger charge is 2.24. The summed E-state index contributed by atoms with van der Waals surface area (Å²) in [6.07, 6.45) is 17.5. The molecule has 0 saturated heterocycles. The average Bonchev–Trinajstić information content (AvgIpc) is 2.47. The van der Waals surface area contributed by atoms with Crippen LogP contribution in [0.5, 0.6) is 0 Å². The Morgan fingerprint density at radius 2 is 2.27 bits per heavy atom. The monoisotopic (exact) mass is 196 g/mol. The summed E-state index contributed by atoms with van der Waals surface area (Å²) in [5.74, 6) is 0.566. The molecule has 0 aliphatic heterocycles. The van der Waals surface area contributed by atoms with E-state index in [1.54, 1.807) is 5.57 Å². The normalized spacial score (nSPS) is 28.2. The summed E-state index contributed by atoms with van der Waals surface area (Å²) >= 11 is 0. The van der Waals surface area contributed by atoms with Gasteiger partial charge in [-0.1, -0.05) is 49.0 Å². The smallest absolute Gasteiger partial charge is 0.00517 e. The number of allylic oxidation sites excluding steroid dienone is 10. The Labute approximate surface area is 91.4 Å². The van der Waals surface area contributed by atoms with Crippen molar-refractivity contribution < 1.29 is 0 Å². The first-order valence-electron chi connectivity index (χ1n) is 5.83. The van der Waals surface area contributed by atoms with Crippen molar-refractivity contribution in [1.29, 1.82) is 0 Å². The van der Waals surface area contributed by atoms with Gasteiger partial charge in [-0.25, -0.2) is 0 Å². The number of hydrogen-bond acceptors (Lipinski definition) is 0. The predicted octanol–water partition coefficient (Wildman–Crippen LogP) is 4.10. The largest absolute Gasteiger partial charge is 0.0836 e. The van der Waals surface area contributed by atoms with E-state index in [-0.39, 0.29) is 0 Å². The fourth-order valence-electron chi connectivity index (χ4n) is 2.68. The molecule has 0 nitrogen and oxygen atoms in total. The molecule has 15 heavy (non-hydrogen) atoms. The van der Waals surface area contributed by atoms with Crippen LogP contribution in [-0.4, -0.2) is 0 Å². The zero-order chi connectivity index (χ0) is 10.3. The fraction of sp³-hybridized carbons (Fsp3) is 0.333. The van der Waals surface area contributed by atoms with Gasteiger partial charge in [-0.15, -0.1) is 0 Å². The number of fused-ring (bicyclic) bond motifs is 2. The van der Waals surface area contributed by atoms with Crippen LogP contribution < -0.4 is 0 Å². The Bertz CT molecular complexity index is 439. The van der Waals surface area contributed by atoms with Crippen LogP contribution in [0.3, 0.4) is 0 Å². The lowest BCUT2D eigenvalue weighted by molar-refractivity contribution is 0.922. The average molecular weight is 196 g/mol. The summed E-state index contributed by atoms with van der Waals surface area (Å²) < 4.78 is 0. The zero-order valence-electron chi connectivity index (χ0n) is 9.16. The molecule has 3 aliphatic carbocycles. The highest BCUT2D eigenvalue weighted by Crippen LogP contribution is 2.42. The summed E-state index contributed by atoms with van der Waals surface area (Å²) in [6, 6.07) is 0. The van der Waals surface area contributed by atoms with Crippen LogP contribution in [0.25, 0.3) is 0 Å². The molecular weight excluding hydrogens is 180 g/mol. The lowest BCUT2D eigenvalue weighted by Gasteiger charge is -2.08. The molecule has 76 valence electrons. The van der Waals surface area contributed by atoms with Crippen molar-refractivity contribution in [3.63, 3.8) is 0 Å². The molecule has 0 aromatic carbocycles. The first kappa shape index (κ1) is 8.96. The lowest BCUT2D eigenvalue weighted by Crippen LogP contribution is -1.91. The highest BCUT2D eigenvalue weighted by atomic mass is 14.3. The van der Waals surface area contributed by atoms with Crippen LogP contribution in [0.1, 0.15) is 26.2 Å². The van der Waals surface area contributed by atoms with Gasteiger partial charge >= 0.3 is 0 Å². The third-order valence-corrected chi connectivity index (χ3v) is 3.46. The third-order valence-electron chi connectivity index (χ3n) is 3.46. The van der Waals surface area contributed by atoms with Crippen molar-refractivity contribution in [2.45, 2.75) is 26.2 Å². The summed E-state index contributed by atoms with van der Waals surface area (Å²) in [7, 11) is 0. The first-order valence-corrected chi connectivity index (χ1v) is 5.83. The van der Waals surface area contributed by atoms with E-state index in [2.05, 4.69) is 43.4 Å². The second kappa shape index (κ2) is 3.37. The Balaban J connectivity index is 2.09. The molecule has 1 atom stereocenters. The van der Waals surface area contributed by atoms with Gasteiger partial charge in [-0.05, 0) is 41.9 Å². The molecule has 0 amide bonds. The second-order valence-electron chi connectivity index (χ2n) is 4.65. The van der Waals surface area contributed by atoms with Gasteiger partial charge in [0.15, 0.2) is 0 Å². The lowest BCUT2D eigenvalue weighted by atomic mass is 9.96. The molecule has 0 N–H and O–H groups in total. The maximum Gasteiger partial charge on any atom is -0.00517 e. The van der Waals surface area contributed by atoms with Crippen LogP contribution >= 0.6 is 0 Å². The fourth-order valence-corrected chi connectivity index (χ4v) is 2.68. The molecule has 0 aromatic rings. The molecule has 0 heterocycles. The Morgan fingerprint density at radius 3 is 3.20 bits per heavy atom. The minimum absolute atomic E-state index is 0.566. The quantitative estimate of drug-likeness (QED) is 0.547. The van der Waals surface area contributed by atoms with Gasteiger partial charge in [0.25, 0.3) is 0 Å². The van der Waals surface area contributed by atoms with Crippen molar-refractivity contribution in [3.05, 3.63) is 58.7 Å². The maximum absolute atomic E-state index is 2.41. The van der Waals surface area contributed by atoms with E-state index in [1.165, 1.54) is 36.0 Å². The summed E-state index contributed by atoms with van der Waals surface area (Å²) in [4.78, 5) is 0. The predicted molar refractivity (Wildman–Crippen MR) is 64.5 cm³/mol. The van der Waals surface area contributed by atoms with E-state index in [0.29, 0.717) is 5.92 Å². The van der Waals surface area contributed by atoms with Gasteiger partial charge < -0.3 is 0 Å². The van der Waals surface area contributed by atoms with Crippen LogP contribution in [0.2, 0.25) is 0 Å². The molecule has 0 spiro atoms. The van der Waals surface area contributed by atoms with Gasteiger partial charge in [0, 0.05) is 0 Å². The van der Waals surface area contributed by atoms with Crippen molar-refractivity contribution in [1.82, 2.24) is 0 Å². The number of hydrogen-bond donors (Lipinski definition) is 0. The van der Waals surface area contributed by atoms with Gasteiger partial charge in [0.05, 0.1) is 0 Å². The molecule has 0 heteroatoms. The minimum atomic E-state index is 0.566. The highest BCUT2D eigenvalue weighted by molar-refractivity contribution is 5.63. The van der Waals surface area contributed by atoms with Crippen LogP contribution in [0, 0.1) is 5.92 Å². The third kappa shape index (κ3) is 1.45. The van der Waals surface area contributed by atoms with Crippen molar-refractivity contribution in [2.24, 2.45) is 5.92 Å². The van der Waals surface area contributed by atoms with Crippen LogP contribution in [-0.2, 0) is 0 Å². The topological polar surface area (TPSA) is 0 Å². The van der Waals surface area contributed by atoms with E-state index >= 15 is 0 Å². The second-order valence-corrected chi connectivity index (χ2v) is 4.65. The van der Waals surface area contributed by atoms with Crippen LogP contribution in [0.4, 0.5) is 0 Å². The van der Waals surface area contributed by atoms with E-state index in [4.69, 9.17) is 0 Å². The molecule has 0 saturated carbocycles. The van der Waals surface area contributed by atoms with Crippen molar-refractivity contribution in [2.75, 3.05) is 0 Å². The van der Waals surface area contributed by atoms with Gasteiger partial charge in [0.2, 0.25) is 0 Å². The molecule has 0 bridgehead atoms. The standard InChI is InChI=1S/C15H16/c1-11-5-4-7-13-10-12-6-2-3-8-14(12)15(13)9-11/h3-5,7-9,11H,2,6,10H2,1H3. The Hall–Kier alpha value is -1.30. The molecule has 3 rings (SSSR count).